The van der Waals surface area contributed by atoms with Crippen molar-refractivity contribution in [3.8, 4) is 0 Å². The molecule has 2 bridgehead atoms. The summed E-state index contributed by atoms with van der Waals surface area (Å²) in [5.74, 6) is -0.924. The fourth-order valence-corrected chi connectivity index (χ4v) is 4.04. The van der Waals surface area contributed by atoms with Gasteiger partial charge in [0.25, 0.3) is 0 Å². The first-order valence-corrected chi connectivity index (χ1v) is 7.92. The Hall–Kier alpha value is -1.43. The normalized spacial score (nSPS) is 37.5. The molecule has 0 saturated carbocycles. The van der Waals surface area contributed by atoms with Crippen molar-refractivity contribution in [3.05, 3.63) is 35.9 Å². The van der Waals surface area contributed by atoms with E-state index in [1.807, 2.05) is 30.3 Å². The predicted octanol–water partition coefficient (Wildman–Crippen LogP) is 0.918. The maximum atomic E-state index is 12.5. The molecule has 4 rings (SSSR count). The Morgan fingerprint density at radius 1 is 1.36 bits per heavy atom. The lowest BCUT2D eigenvalue weighted by Crippen LogP contribution is -2.43. The number of benzene rings is 1. The third kappa shape index (κ3) is 2.24. The zero-order chi connectivity index (χ0) is 15.3. The van der Waals surface area contributed by atoms with Gasteiger partial charge >= 0.3 is 5.97 Å². The second kappa shape index (κ2) is 5.33. The topological polar surface area (TPSA) is 62.3 Å². The minimum atomic E-state index is -0.599. The first-order valence-electron chi connectivity index (χ1n) is 7.92. The fourth-order valence-electron chi connectivity index (χ4n) is 4.04. The van der Waals surface area contributed by atoms with E-state index >= 15 is 0 Å². The van der Waals surface area contributed by atoms with Crippen molar-refractivity contribution in [2.24, 2.45) is 0 Å². The van der Waals surface area contributed by atoms with Crippen LogP contribution in [0.3, 0.4) is 0 Å². The zero-order valence-corrected chi connectivity index (χ0v) is 12.6. The van der Waals surface area contributed by atoms with E-state index < -0.39 is 5.92 Å². The molecule has 0 aliphatic carbocycles. The van der Waals surface area contributed by atoms with Crippen molar-refractivity contribution < 1.29 is 19.4 Å². The van der Waals surface area contributed by atoms with Crippen molar-refractivity contribution in [2.45, 2.75) is 49.2 Å². The lowest BCUT2D eigenvalue weighted by Gasteiger charge is -2.29. The number of epoxide rings is 1. The van der Waals surface area contributed by atoms with Crippen LogP contribution in [0.4, 0.5) is 0 Å². The average molecular weight is 303 g/mol. The molecule has 3 aliphatic rings. The Kier molecular flexibility index (Phi) is 3.44. The van der Waals surface area contributed by atoms with Crippen LogP contribution in [0.1, 0.15) is 24.3 Å². The third-order valence-electron chi connectivity index (χ3n) is 5.36. The highest BCUT2D eigenvalue weighted by molar-refractivity contribution is 5.78. The largest absolute Gasteiger partial charge is 0.460 e. The number of hydrogen-bond donors (Lipinski definition) is 1. The Labute approximate surface area is 129 Å². The number of carbonyl (C=O) groups excluding carboxylic acids is 1. The summed E-state index contributed by atoms with van der Waals surface area (Å²) in [6, 6.07) is 9.94. The number of ether oxygens (including phenoxy) is 2. The van der Waals surface area contributed by atoms with Crippen molar-refractivity contribution in [1.29, 1.82) is 0 Å². The van der Waals surface area contributed by atoms with E-state index in [-0.39, 0.29) is 24.7 Å². The summed E-state index contributed by atoms with van der Waals surface area (Å²) in [7, 11) is 2.09. The summed E-state index contributed by atoms with van der Waals surface area (Å²) in [4.78, 5) is 14.8. The van der Waals surface area contributed by atoms with Gasteiger partial charge in [-0.3, -0.25) is 9.69 Å². The van der Waals surface area contributed by atoms with Crippen LogP contribution in [0.2, 0.25) is 0 Å². The molecule has 4 unspecified atom stereocenters. The minimum Gasteiger partial charge on any atom is -0.460 e. The first-order chi connectivity index (χ1) is 10.7. The molecule has 3 saturated heterocycles. The highest BCUT2D eigenvalue weighted by Gasteiger charge is 2.60. The van der Waals surface area contributed by atoms with Gasteiger partial charge in [0.2, 0.25) is 0 Å². The molecule has 3 aliphatic heterocycles. The van der Waals surface area contributed by atoms with Crippen LogP contribution in [0, 0.1) is 0 Å². The zero-order valence-electron chi connectivity index (χ0n) is 12.6. The highest BCUT2D eigenvalue weighted by atomic mass is 16.6. The van der Waals surface area contributed by atoms with E-state index in [0.29, 0.717) is 18.2 Å². The van der Waals surface area contributed by atoms with Crippen molar-refractivity contribution in [2.75, 3.05) is 13.7 Å². The molecule has 1 aromatic carbocycles. The summed E-state index contributed by atoms with van der Waals surface area (Å²) in [5.41, 5.74) is 0.801. The summed E-state index contributed by atoms with van der Waals surface area (Å²) in [6.45, 7) is -0.228. The molecule has 6 atom stereocenters. The molecule has 118 valence electrons. The molecule has 0 spiro atoms. The van der Waals surface area contributed by atoms with Gasteiger partial charge in [-0.1, -0.05) is 30.3 Å². The Morgan fingerprint density at radius 3 is 2.86 bits per heavy atom. The average Bonchev–Trinajstić information content (AvgIpc) is 3.25. The fraction of sp³-hybridized carbons (Fsp3) is 0.588. The van der Waals surface area contributed by atoms with Crippen LogP contribution in [0.25, 0.3) is 0 Å². The quantitative estimate of drug-likeness (QED) is 0.662. The number of esters is 1. The lowest BCUT2D eigenvalue weighted by atomic mass is 10.00. The van der Waals surface area contributed by atoms with Crippen molar-refractivity contribution >= 4 is 5.97 Å². The van der Waals surface area contributed by atoms with E-state index in [0.717, 1.165) is 18.4 Å². The lowest BCUT2D eigenvalue weighted by molar-refractivity contribution is -0.153. The summed E-state index contributed by atoms with van der Waals surface area (Å²) < 4.78 is 11.4. The molecule has 3 heterocycles. The number of rotatable bonds is 4. The van der Waals surface area contributed by atoms with Gasteiger partial charge in [-0.15, -0.1) is 0 Å². The van der Waals surface area contributed by atoms with Gasteiger partial charge in [-0.05, 0) is 19.0 Å². The number of aliphatic hydroxyl groups is 1. The highest BCUT2D eigenvalue weighted by Crippen LogP contribution is 2.46. The first kappa shape index (κ1) is 14.2. The smallest absolute Gasteiger partial charge is 0.316 e. The number of aliphatic hydroxyl groups excluding tert-OH is 1. The number of hydrogen-bond acceptors (Lipinski definition) is 5. The molecule has 5 heteroatoms. The number of nitrogens with zero attached hydrogens (tertiary/aromatic N) is 1. The van der Waals surface area contributed by atoms with Crippen LogP contribution in [-0.4, -0.2) is 60.0 Å². The second-order valence-electron chi connectivity index (χ2n) is 6.53. The Balaban J connectivity index is 1.46. The van der Waals surface area contributed by atoms with Crippen LogP contribution in [0.5, 0.6) is 0 Å². The van der Waals surface area contributed by atoms with E-state index in [4.69, 9.17) is 9.47 Å². The van der Waals surface area contributed by atoms with Gasteiger partial charge < -0.3 is 14.6 Å². The standard InChI is InChI=1S/C17H21NO4/c1-18-12-7-15-16(21-15)13(18)8-14(12)22-17(20)11(9-19)10-5-3-2-4-6-10/h2-6,11-16,19H,7-9H2,1H3/t11?,12-,13+,14?,15?,16?/m1/s1. The molecule has 0 radical (unpaired) electrons. The number of piperidine rings is 1. The van der Waals surface area contributed by atoms with Crippen molar-refractivity contribution in [1.82, 2.24) is 4.90 Å². The number of fused-ring (bicyclic) bond motifs is 4. The van der Waals surface area contributed by atoms with Crippen LogP contribution >= 0.6 is 0 Å². The van der Waals surface area contributed by atoms with Gasteiger partial charge in [0.15, 0.2) is 0 Å². The number of likely N-dealkylation sites (N-methyl/N-ethyl adjacent to an activating group) is 1. The predicted molar refractivity (Wildman–Crippen MR) is 79.4 cm³/mol. The van der Waals surface area contributed by atoms with Gasteiger partial charge in [0.1, 0.15) is 12.0 Å². The number of carbonyl (C=O) groups is 1. The molecule has 1 aromatic rings. The van der Waals surface area contributed by atoms with Gasteiger partial charge in [0.05, 0.1) is 18.8 Å². The van der Waals surface area contributed by atoms with Crippen LogP contribution < -0.4 is 0 Å². The molecular formula is C17H21NO4. The summed E-state index contributed by atoms with van der Waals surface area (Å²) >= 11 is 0. The monoisotopic (exact) mass is 303 g/mol. The second-order valence-corrected chi connectivity index (χ2v) is 6.53. The van der Waals surface area contributed by atoms with Gasteiger partial charge in [0, 0.05) is 18.5 Å². The molecule has 3 fully saturated rings. The molecule has 5 nitrogen and oxygen atoms in total. The van der Waals surface area contributed by atoms with Gasteiger partial charge in [-0.25, -0.2) is 0 Å². The summed E-state index contributed by atoms with van der Waals surface area (Å²) in [6.07, 6.45) is 2.37. The van der Waals surface area contributed by atoms with Crippen LogP contribution in [0.15, 0.2) is 30.3 Å². The SMILES string of the molecule is CN1[C@@H]2CC3OC3[C@@H]1CC2OC(=O)C(CO)c1ccccc1. The van der Waals surface area contributed by atoms with Crippen LogP contribution in [-0.2, 0) is 14.3 Å². The van der Waals surface area contributed by atoms with Crippen molar-refractivity contribution in [3.63, 3.8) is 0 Å². The summed E-state index contributed by atoms with van der Waals surface area (Å²) in [5, 5.41) is 9.58. The third-order valence-corrected chi connectivity index (χ3v) is 5.36. The molecule has 0 aromatic heterocycles. The maximum Gasteiger partial charge on any atom is 0.316 e. The van der Waals surface area contributed by atoms with Gasteiger partial charge in [-0.2, -0.15) is 0 Å². The molecule has 0 amide bonds. The van der Waals surface area contributed by atoms with E-state index in [1.54, 1.807) is 0 Å². The van der Waals surface area contributed by atoms with E-state index in [1.165, 1.54) is 0 Å². The Bertz CT molecular complexity index is 563. The molecule has 22 heavy (non-hydrogen) atoms. The van der Waals surface area contributed by atoms with E-state index in [2.05, 4.69) is 11.9 Å². The maximum absolute atomic E-state index is 12.5. The van der Waals surface area contributed by atoms with E-state index in [9.17, 15) is 9.90 Å². The Morgan fingerprint density at radius 2 is 2.14 bits per heavy atom. The molecule has 1 N–H and O–H groups in total. The molecular weight excluding hydrogens is 282 g/mol. The minimum absolute atomic E-state index is 0.0864.